The van der Waals surface area contributed by atoms with Crippen molar-refractivity contribution >= 4 is 23.4 Å². The van der Waals surface area contributed by atoms with Crippen LogP contribution >= 0.6 is 11.8 Å². The molecule has 2 heterocycles. The predicted octanol–water partition coefficient (Wildman–Crippen LogP) is 1.72. The Morgan fingerprint density at radius 1 is 1.20 bits per heavy atom. The molecule has 0 saturated heterocycles. The van der Waals surface area contributed by atoms with Crippen LogP contribution in [0.15, 0.2) is 23.6 Å². The van der Waals surface area contributed by atoms with Crippen molar-refractivity contribution in [1.82, 2.24) is 25.0 Å². The molecule has 0 aliphatic heterocycles. The van der Waals surface area contributed by atoms with E-state index in [9.17, 15) is 0 Å². The van der Waals surface area contributed by atoms with Gasteiger partial charge in [-0.25, -0.2) is 9.97 Å². The Kier molecular flexibility index (Phi) is 5.60. The highest BCUT2D eigenvalue weighted by Gasteiger charge is 2.03. The summed E-state index contributed by atoms with van der Waals surface area (Å²) >= 11 is 1.53. The summed E-state index contributed by atoms with van der Waals surface area (Å²) in [5.74, 6) is 1.68. The smallest absolute Gasteiger partial charge is 0.191 e. The number of thioether (sulfide) groups is 1. The van der Waals surface area contributed by atoms with E-state index in [-0.39, 0.29) is 0 Å². The lowest BCUT2D eigenvalue weighted by Crippen LogP contribution is -2.13. The molecule has 2 rings (SSSR count). The maximum Gasteiger partial charge on any atom is 0.191 e. The Morgan fingerprint density at radius 2 is 1.95 bits per heavy atom. The van der Waals surface area contributed by atoms with Crippen LogP contribution in [0.5, 0.6) is 0 Å². The van der Waals surface area contributed by atoms with E-state index in [0.29, 0.717) is 0 Å². The van der Waals surface area contributed by atoms with Crippen LogP contribution in [-0.2, 0) is 6.54 Å². The zero-order chi connectivity index (χ0) is 14.2. The van der Waals surface area contributed by atoms with Crippen molar-refractivity contribution in [3.8, 4) is 0 Å². The molecule has 2 N–H and O–H groups in total. The zero-order valence-electron chi connectivity index (χ0n) is 11.7. The average molecular weight is 293 g/mol. The maximum atomic E-state index is 4.43. The van der Waals surface area contributed by atoms with Gasteiger partial charge in [-0.2, -0.15) is 0 Å². The molecule has 0 bridgehead atoms. The molecular formula is C12H19N7S. The fraction of sp³-hybridized carbons (Fsp3) is 0.500. The van der Waals surface area contributed by atoms with Crippen LogP contribution in [0, 0.1) is 0 Å². The molecule has 0 saturated carbocycles. The standard InChI is InChI=1S/C12H19N7S/c1-3-4-13-10-9-11(17-12(16-10)20-2)14-5-7-19-8-6-15-18-19/h6,8-9H,3-5,7H2,1-2H3,(H2,13,14,16,17). The second-order valence-corrected chi connectivity index (χ2v) is 4.92. The minimum atomic E-state index is 0.738. The minimum Gasteiger partial charge on any atom is -0.370 e. The van der Waals surface area contributed by atoms with Gasteiger partial charge in [0.1, 0.15) is 11.6 Å². The molecule has 0 radical (unpaired) electrons. The van der Waals surface area contributed by atoms with Gasteiger partial charge in [-0.3, -0.25) is 4.68 Å². The first-order valence-corrected chi connectivity index (χ1v) is 7.79. The van der Waals surface area contributed by atoms with E-state index in [1.54, 1.807) is 10.9 Å². The van der Waals surface area contributed by atoms with Crippen molar-refractivity contribution in [1.29, 1.82) is 0 Å². The summed E-state index contributed by atoms with van der Waals surface area (Å²) in [6.07, 6.45) is 6.54. The monoisotopic (exact) mass is 293 g/mol. The van der Waals surface area contributed by atoms with Crippen LogP contribution in [0.4, 0.5) is 11.6 Å². The van der Waals surface area contributed by atoms with Gasteiger partial charge in [0.2, 0.25) is 0 Å². The summed E-state index contributed by atoms with van der Waals surface area (Å²) < 4.78 is 1.78. The summed E-state index contributed by atoms with van der Waals surface area (Å²) in [4.78, 5) is 8.85. The largest absolute Gasteiger partial charge is 0.370 e. The highest BCUT2D eigenvalue weighted by atomic mass is 32.2. The summed E-state index contributed by atoms with van der Waals surface area (Å²) in [5.41, 5.74) is 0. The average Bonchev–Trinajstić information content (AvgIpc) is 2.98. The summed E-state index contributed by atoms with van der Waals surface area (Å²) in [5, 5.41) is 15.0. The minimum absolute atomic E-state index is 0.738. The van der Waals surface area contributed by atoms with Crippen LogP contribution in [0.1, 0.15) is 13.3 Å². The zero-order valence-corrected chi connectivity index (χ0v) is 12.5. The first-order valence-electron chi connectivity index (χ1n) is 6.56. The van der Waals surface area contributed by atoms with Gasteiger partial charge in [-0.1, -0.05) is 23.9 Å². The lowest BCUT2D eigenvalue weighted by Gasteiger charge is -2.10. The van der Waals surface area contributed by atoms with E-state index in [2.05, 4.69) is 37.8 Å². The molecule has 0 aromatic carbocycles. The third-order valence-corrected chi connectivity index (χ3v) is 3.11. The van der Waals surface area contributed by atoms with Gasteiger partial charge >= 0.3 is 0 Å². The molecular weight excluding hydrogens is 274 g/mol. The molecule has 2 aromatic heterocycles. The molecule has 0 spiro atoms. The van der Waals surface area contributed by atoms with E-state index in [4.69, 9.17) is 0 Å². The van der Waals surface area contributed by atoms with E-state index in [1.807, 2.05) is 18.5 Å². The van der Waals surface area contributed by atoms with Crippen LogP contribution in [0.3, 0.4) is 0 Å². The van der Waals surface area contributed by atoms with Crippen molar-refractivity contribution in [2.24, 2.45) is 0 Å². The fourth-order valence-electron chi connectivity index (χ4n) is 1.60. The SMILES string of the molecule is CCCNc1cc(NCCn2ccnn2)nc(SC)n1. The van der Waals surface area contributed by atoms with E-state index >= 15 is 0 Å². The number of nitrogens with zero attached hydrogens (tertiary/aromatic N) is 5. The number of nitrogens with one attached hydrogen (secondary N) is 2. The molecule has 7 nitrogen and oxygen atoms in total. The quantitative estimate of drug-likeness (QED) is 0.566. The second kappa shape index (κ2) is 7.68. The molecule has 0 atom stereocenters. The van der Waals surface area contributed by atoms with Crippen LogP contribution in [-0.4, -0.2) is 44.3 Å². The Hall–Kier alpha value is -1.83. The van der Waals surface area contributed by atoms with Crippen molar-refractivity contribution in [2.75, 3.05) is 30.0 Å². The molecule has 0 aliphatic carbocycles. The third kappa shape index (κ3) is 4.37. The highest BCUT2D eigenvalue weighted by Crippen LogP contribution is 2.17. The Labute approximate surface area is 122 Å². The molecule has 0 unspecified atom stereocenters. The number of hydrogen-bond acceptors (Lipinski definition) is 7. The van der Waals surface area contributed by atoms with Crippen molar-refractivity contribution in [2.45, 2.75) is 25.0 Å². The number of hydrogen-bond donors (Lipinski definition) is 2. The van der Waals surface area contributed by atoms with Crippen LogP contribution < -0.4 is 10.6 Å². The van der Waals surface area contributed by atoms with Gasteiger partial charge in [0, 0.05) is 25.4 Å². The Balaban J connectivity index is 1.94. The predicted molar refractivity (Wildman–Crippen MR) is 81.1 cm³/mol. The summed E-state index contributed by atoms with van der Waals surface area (Å²) in [7, 11) is 0. The van der Waals surface area contributed by atoms with Gasteiger partial charge < -0.3 is 10.6 Å². The third-order valence-electron chi connectivity index (χ3n) is 2.56. The lowest BCUT2D eigenvalue weighted by atomic mass is 10.4. The van der Waals surface area contributed by atoms with Gasteiger partial charge in [0.05, 0.1) is 12.7 Å². The first kappa shape index (κ1) is 14.6. The van der Waals surface area contributed by atoms with E-state index in [0.717, 1.165) is 42.8 Å². The normalized spacial score (nSPS) is 10.5. The van der Waals surface area contributed by atoms with Crippen molar-refractivity contribution in [3.63, 3.8) is 0 Å². The van der Waals surface area contributed by atoms with Crippen LogP contribution in [0.25, 0.3) is 0 Å². The first-order chi connectivity index (χ1) is 9.81. The van der Waals surface area contributed by atoms with Gasteiger partial charge in [0.15, 0.2) is 5.16 Å². The molecule has 0 amide bonds. The Bertz CT molecular complexity index is 515. The Morgan fingerprint density at radius 3 is 2.55 bits per heavy atom. The highest BCUT2D eigenvalue weighted by molar-refractivity contribution is 7.98. The number of aromatic nitrogens is 5. The number of anilines is 2. The molecule has 0 aliphatic rings. The molecule has 108 valence electrons. The number of rotatable bonds is 8. The lowest BCUT2D eigenvalue weighted by molar-refractivity contribution is 0.608. The molecule has 2 aromatic rings. The molecule has 8 heteroatoms. The maximum absolute atomic E-state index is 4.43. The van der Waals surface area contributed by atoms with Gasteiger partial charge in [-0.15, -0.1) is 5.10 Å². The molecule has 0 fully saturated rings. The van der Waals surface area contributed by atoms with E-state index in [1.165, 1.54) is 11.8 Å². The van der Waals surface area contributed by atoms with Gasteiger partial charge in [-0.05, 0) is 12.7 Å². The topological polar surface area (TPSA) is 80.5 Å². The molecule has 20 heavy (non-hydrogen) atoms. The van der Waals surface area contributed by atoms with E-state index < -0.39 is 0 Å². The summed E-state index contributed by atoms with van der Waals surface area (Å²) in [6, 6.07) is 1.93. The summed E-state index contributed by atoms with van der Waals surface area (Å²) in [6.45, 7) is 4.52. The van der Waals surface area contributed by atoms with Crippen LogP contribution in [0.2, 0.25) is 0 Å². The van der Waals surface area contributed by atoms with Gasteiger partial charge in [0.25, 0.3) is 0 Å². The second-order valence-electron chi connectivity index (χ2n) is 4.14. The van der Waals surface area contributed by atoms with Crippen molar-refractivity contribution < 1.29 is 0 Å². The fourth-order valence-corrected chi connectivity index (χ4v) is 1.98. The van der Waals surface area contributed by atoms with Crippen molar-refractivity contribution in [3.05, 3.63) is 18.5 Å².